The fourth-order valence-electron chi connectivity index (χ4n) is 2.30. The molecule has 0 saturated heterocycles. The van der Waals surface area contributed by atoms with Crippen molar-refractivity contribution in [3.63, 3.8) is 0 Å². The van der Waals surface area contributed by atoms with E-state index in [1.165, 1.54) is 0 Å². The van der Waals surface area contributed by atoms with Gasteiger partial charge in [-0.2, -0.15) is 0 Å². The summed E-state index contributed by atoms with van der Waals surface area (Å²) in [5, 5.41) is 10.2. The van der Waals surface area contributed by atoms with Crippen LogP contribution in [0.1, 0.15) is 32.3 Å². The Kier molecular flexibility index (Phi) is 7.35. The number of hydrogen-bond acceptors (Lipinski definition) is 2. The highest BCUT2D eigenvalue weighted by Crippen LogP contribution is 2.25. The molecule has 1 N–H and O–H groups in total. The molecule has 20 heavy (non-hydrogen) atoms. The van der Waals surface area contributed by atoms with Gasteiger partial charge < -0.3 is 10.0 Å². The molecule has 0 spiro atoms. The summed E-state index contributed by atoms with van der Waals surface area (Å²) in [5.41, 5.74) is 0.648. The summed E-state index contributed by atoms with van der Waals surface area (Å²) in [5.74, 6) is -0.0530. The summed E-state index contributed by atoms with van der Waals surface area (Å²) in [7, 11) is 0. The van der Waals surface area contributed by atoms with E-state index in [4.69, 9.17) is 28.3 Å². The minimum absolute atomic E-state index is 0.0432. The molecule has 1 amide bonds. The van der Waals surface area contributed by atoms with Crippen LogP contribution in [0, 0.1) is 0 Å². The monoisotopic (exact) mass is 317 g/mol. The number of carbonyl (C=O) groups is 1. The summed E-state index contributed by atoms with van der Waals surface area (Å²) in [6.07, 6.45) is 1.88. The second-order valence-corrected chi connectivity index (χ2v) is 5.47. The molecular formula is C15H21Cl2NO2. The lowest BCUT2D eigenvalue weighted by molar-refractivity contribution is -0.133. The van der Waals surface area contributed by atoms with Crippen molar-refractivity contribution in [3.8, 4) is 0 Å². The molecule has 0 radical (unpaired) electrons. The van der Waals surface area contributed by atoms with Crippen LogP contribution in [-0.2, 0) is 11.2 Å². The zero-order valence-corrected chi connectivity index (χ0v) is 13.4. The SMILES string of the molecule is CCC(CC)N(CCO)C(=O)Cc1c(Cl)cccc1Cl. The van der Waals surface area contributed by atoms with Gasteiger partial charge in [-0.15, -0.1) is 0 Å². The van der Waals surface area contributed by atoms with Crippen LogP contribution in [-0.4, -0.2) is 35.1 Å². The van der Waals surface area contributed by atoms with Crippen LogP contribution in [0.15, 0.2) is 18.2 Å². The van der Waals surface area contributed by atoms with Crippen molar-refractivity contribution in [2.75, 3.05) is 13.2 Å². The Morgan fingerprint density at radius 3 is 2.25 bits per heavy atom. The lowest BCUT2D eigenvalue weighted by Gasteiger charge is -2.30. The Morgan fingerprint density at radius 1 is 1.25 bits per heavy atom. The third-order valence-corrected chi connectivity index (χ3v) is 4.14. The van der Waals surface area contributed by atoms with E-state index in [1.807, 2.05) is 13.8 Å². The van der Waals surface area contributed by atoms with E-state index in [0.717, 1.165) is 12.8 Å². The van der Waals surface area contributed by atoms with Crippen molar-refractivity contribution in [2.24, 2.45) is 0 Å². The van der Waals surface area contributed by atoms with Crippen molar-refractivity contribution in [2.45, 2.75) is 39.2 Å². The van der Waals surface area contributed by atoms with Gasteiger partial charge in [-0.05, 0) is 30.5 Å². The molecule has 1 rings (SSSR count). The second kappa shape index (κ2) is 8.50. The van der Waals surface area contributed by atoms with Gasteiger partial charge >= 0.3 is 0 Å². The number of benzene rings is 1. The highest BCUT2D eigenvalue weighted by atomic mass is 35.5. The zero-order valence-electron chi connectivity index (χ0n) is 11.9. The number of aliphatic hydroxyl groups excluding tert-OH is 1. The molecule has 0 atom stereocenters. The van der Waals surface area contributed by atoms with E-state index in [-0.39, 0.29) is 25.0 Å². The Morgan fingerprint density at radius 2 is 1.80 bits per heavy atom. The first-order valence-corrected chi connectivity index (χ1v) is 7.63. The van der Waals surface area contributed by atoms with Crippen LogP contribution in [0.5, 0.6) is 0 Å². The van der Waals surface area contributed by atoms with Crippen LogP contribution in [0.4, 0.5) is 0 Å². The zero-order chi connectivity index (χ0) is 15.1. The van der Waals surface area contributed by atoms with Crippen molar-refractivity contribution in [3.05, 3.63) is 33.8 Å². The maximum atomic E-state index is 12.5. The summed E-state index contributed by atoms with van der Waals surface area (Å²) in [6.45, 7) is 4.37. The maximum Gasteiger partial charge on any atom is 0.227 e. The number of halogens is 2. The Hall–Kier alpha value is -0.770. The topological polar surface area (TPSA) is 40.5 Å². The lowest BCUT2D eigenvalue weighted by Crippen LogP contribution is -2.42. The summed E-state index contributed by atoms with van der Waals surface area (Å²) in [6, 6.07) is 5.34. The molecule has 0 heterocycles. The van der Waals surface area contributed by atoms with Gasteiger partial charge in [-0.25, -0.2) is 0 Å². The maximum absolute atomic E-state index is 12.5. The quantitative estimate of drug-likeness (QED) is 0.835. The van der Waals surface area contributed by atoms with Gasteiger partial charge in [-0.1, -0.05) is 43.1 Å². The van der Waals surface area contributed by atoms with E-state index >= 15 is 0 Å². The number of rotatable bonds is 7. The minimum Gasteiger partial charge on any atom is -0.395 e. The molecule has 3 nitrogen and oxygen atoms in total. The predicted molar refractivity (Wildman–Crippen MR) is 83.3 cm³/mol. The van der Waals surface area contributed by atoms with Crippen molar-refractivity contribution >= 4 is 29.1 Å². The first kappa shape index (κ1) is 17.3. The van der Waals surface area contributed by atoms with Gasteiger partial charge in [-0.3, -0.25) is 4.79 Å². The number of hydrogen-bond donors (Lipinski definition) is 1. The molecule has 0 unspecified atom stereocenters. The van der Waals surface area contributed by atoms with E-state index < -0.39 is 0 Å². The van der Waals surface area contributed by atoms with Crippen LogP contribution in [0.25, 0.3) is 0 Å². The Balaban J connectivity index is 2.91. The number of amides is 1. The average Bonchev–Trinajstić information content (AvgIpc) is 2.43. The fourth-order valence-corrected chi connectivity index (χ4v) is 2.83. The highest BCUT2D eigenvalue weighted by molar-refractivity contribution is 6.36. The van der Waals surface area contributed by atoms with Gasteiger partial charge in [0.15, 0.2) is 0 Å². The average molecular weight is 318 g/mol. The van der Waals surface area contributed by atoms with Crippen molar-refractivity contribution in [1.82, 2.24) is 4.90 Å². The molecule has 5 heteroatoms. The molecule has 0 aliphatic rings. The smallest absolute Gasteiger partial charge is 0.227 e. The first-order valence-electron chi connectivity index (χ1n) is 6.88. The molecule has 0 bridgehead atoms. The molecule has 112 valence electrons. The van der Waals surface area contributed by atoms with Gasteiger partial charge in [0.1, 0.15) is 0 Å². The van der Waals surface area contributed by atoms with Crippen LogP contribution in [0.3, 0.4) is 0 Å². The molecule has 0 aliphatic heterocycles. The third-order valence-electron chi connectivity index (χ3n) is 3.43. The van der Waals surface area contributed by atoms with Crippen LogP contribution in [0.2, 0.25) is 10.0 Å². The molecule has 0 saturated carbocycles. The van der Waals surface area contributed by atoms with E-state index in [0.29, 0.717) is 22.2 Å². The largest absolute Gasteiger partial charge is 0.395 e. The van der Waals surface area contributed by atoms with Gasteiger partial charge in [0.25, 0.3) is 0 Å². The molecular weight excluding hydrogens is 297 g/mol. The fraction of sp³-hybridized carbons (Fsp3) is 0.533. The standard InChI is InChI=1S/C15H21Cl2NO2/c1-3-11(4-2)18(8-9-19)15(20)10-12-13(16)6-5-7-14(12)17/h5-7,11,19H,3-4,8-10H2,1-2H3. The Labute approximate surface area is 130 Å². The lowest BCUT2D eigenvalue weighted by atomic mass is 10.1. The summed E-state index contributed by atoms with van der Waals surface area (Å²) >= 11 is 12.2. The van der Waals surface area contributed by atoms with Gasteiger partial charge in [0.2, 0.25) is 5.91 Å². The normalized spacial score (nSPS) is 10.9. The van der Waals surface area contributed by atoms with E-state index in [1.54, 1.807) is 23.1 Å². The number of carbonyl (C=O) groups excluding carboxylic acids is 1. The number of aliphatic hydroxyl groups is 1. The first-order chi connectivity index (χ1) is 9.54. The van der Waals surface area contributed by atoms with Crippen molar-refractivity contribution < 1.29 is 9.90 Å². The second-order valence-electron chi connectivity index (χ2n) is 4.66. The number of nitrogens with zero attached hydrogens (tertiary/aromatic N) is 1. The van der Waals surface area contributed by atoms with Gasteiger partial charge in [0.05, 0.1) is 13.0 Å². The third kappa shape index (κ3) is 4.37. The molecule has 1 aromatic rings. The molecule has 1 aromatic carbocycles. The van der Waals surface area contributed by atoms with E-state index in [9.17, 15) is 4.79 Å². The molecule has 0 fully saturated rings. The summed E-state index contributed by atoms with van der Waals surface area (Å²) < 4.78 is 0. The van der Waals surface area contributed by atoms with Crippen LogP contribution < -0.4 is 0 Å². The summed E-state index contributed by atoms with van der Waals surface area (Å²) in [4.78, 5) is 14.2. The van der Waals surface area contributed by atoms with Crippen LogP contribution >= 0.6 is 23.2 Å². The van der Waals surface area contributed by atoms with Crippen molar-refractivity contribution in [1.29, 1.82) is 0 Å². The molecule has 0 aliphatic carbocycles. The Bertz CT molecular complexity index is 427. The minimum atomic E-state index is -0.0530. The molecule has 0 aromatic heterocycles. The van der Waals surface area contributed by atoms with Gasteiger partial charge in [0, 0.05) is 22.6 Å². The van der Waals surface area contributed by atoms with E-state index in [2.05, 4.69) is 0 Å². The highest BCUT2D eigenvalue weighted by Gasteiger charge is 2.22. The predicted octanol–water partition coefficient (Wildman–Crippen LogP) is 3.55.